The molecule has 1 amide bonds. The minimum atomic E-state index is -1.04. The number of carbonyl (C=O) groups excluding carboxylic acids is 1. The topological polar surface area (TPSA) is 84.9 Å². The van der Waals surface area contributed by atoms with Crippen molar-refractivity contribution in [2.75, 3.05) is 13.7 Å². The van der Waals surface area contributed by atoms with Crippen molar-refractivity contribution in [3.05, 3.63) is 45.6 Å². The number of carbonyl (C=O) groups is 2. The molecule has 7 heteroatoms. The highest BCUT2D eigenvalue weighted by atomic mass is 32.1. The van der Waals surface area contributed by atoms with Crippen molar-refractivity contribution in [3.63, 3.8) is 0 Å². The van der Waals surface area contributed by atoms with Crippen LogP contribution in [-0.4, -0.2) is 30.7 Å². The van der Waals surface area contributed by atoms with E-state index in [1.54, 1.807) is 7.11 Å². The summed E-state index contributed by atoms with van der Waals surface area (Å²) >= 11 is 0.947. The van der Waals surface area contributed by atoms with E-state index >= 15 is 0 Å². The summed E-state index contributed by atoms with van der Waals surface area (Å²) in [6, 6.07) is 8.40. The van der Waals surface area contributed by atoms with E-state index in [9.17, 15) is 9.59 Å². The Balaban J connectivity index is 2.00. The lowest BCUT2D eigenvalue weighted by Gasteiger charge is -2.12. The molecule has 1 heterocycles. The van der Waals surface area contributed by atoms with Crippen molar-refractivity contribution < 1.29 is 24.2 Å². The van der Waals surface area contributed by atoms with Gasteiger partial charge in [-0.3, -0.25) is 4.79 Å². The van der Waals surface area contributed by atoms with E-state index in [1.807, 2.05) is 25.1 Å². The van der Waals surface area contributed by atoms with Crippen LogP contribution < -0.4 is 14.8 Å². The average molecular weight is 349 g/mol. The number of benzene rings is 1. The van der Waals surface area contributed by atoms with Gasteiger partial charge in [-0.25, -0.2) is 4.79 Å². The molecular weight excluding hydrogens is 330 g/mol. The van der Waals surface area contributed by atoms with E-state index in [1.165, 1.54) is 12.1 Å². The van der Waals surface area contributed by atoms with Gasteiger partial charge in [0.2, 0.25) is 0 Å². The van der Waals surface area contributed by atoms with Gasteiger partial charge in [-0.15, -0.1) is 11.3 Å². The fourth-order valence-corrected chi connectivity index (χ4v) is 2.76. The fraction of sp³-hybridized carbons (Fsp3) is 0.294. The molecule has 0 aliphatic rings. The normalized spacial score (nSPS) is 10.2. The van der Waals surface area contributed by atoms with Gasteiger partial charge in [0.25, 0.3) is 5.91 Å². The minimum Gasteiger partial charge on any atom is -0.493 e. The molecule has 6 nitrogen and oxygen atoms in total. The second kappa shape index (κ2) is 8.35. The van der Waals surface area contributed by atoms with E-state index in [-0.39, 0.29) is 10.8 Å². The summed E-state index contributed by atoms with van der Waals surface area (Å²) in [5.41, 5.74) is 0.860. The van der Waals surface area contributed by atoms with Gasteiger partial charge in [0.15, 0.2) is 11.5 Å². The van der Waals surface area contributed by atoms with Crippen LogP contribution in [-0.2, 0) is 6.54 Å². The first-order chi connectivity index (χ1) is 11.5. The van der Waals surface area contributed by atoms with Crippen LogP contribution in [0.15, 0.2) is 30.3 Å². The second-order valence-corrected chi connectivity index (χ2v) is 6.07. The summed E-state index contributed by atoms with van der Waals surface area (Å²) in [5.74, 6) is -0.0671. The molecule has 0 spiro atoms. The van der Waals surface area contributed by atoms with E-state index in [0.717, 1.165) is 23.3 Å². The quantitative estimate of drug-likeness (QED) is 0.765. The molecule has 0 atom stereocenters. The van der Waals surface area contributed by atoms with Gasteiger partial charge in [0.1, 0.15) is 4.88 Å². The van der Waals surface area contributed by atoms with Crippen LogP contribution >= 0.6 is 11.3 Å². The third-order valence-corrected chi connectivity index (χ3v) is 4.26. The van der Waals surface area contributed by atoms with Crippen molar-refractivity contribution in [2.45, 2.75) is 19.9 Å². The molecular formula is C17H19NO5S. The largest absolute Gasteiger partial charge is 0.493 e. The van der Waals surface area contributed by atoms with Crippen LogP contribution in [0.4, 0.5) is 0 Å². The van der Waals surface area contributed by atoms with Gasteiger partial charge in [0.05, 0.1) is 18.6 Å². The zero-order chi connectivity index (χ0) is 17.5. The number of carboxylic acids is 1. The summed E-state index contributed by atoms with van der Waals surface area (Å²) in [7, 11) is 1.57. The summed E-state index contributed by atoms with van der Waals surface area (Å²) in [4.78, 5) is 23.4. The number of hydrogen-bond acceptors (Lipinski definition) is 5. The van der Waals surface area contributed by atoms with Gasteiger partial charge in [0, 0.05) is 6.54 Å². The van der Waals surface area contributed by atoms with Crippen LogP contribution in [0.3, 0.4) is 0 Å². The molecule has 1 aromatic heterocycles. The van der Waals surface area contributed by atoms with Crippen LogP contribution in [0.25, 0.3) is 0 Å². The SMILES string of the molecule is CCCOc1ccc(CNC(=O)c2ccc(C(=O)O)s2)cc1OC. The number of amides is 1. The molecule has 1 aromatic carbocycles. The maximum absolute atomic E-state index is 12.1. The van der Waals surface area contributed by atoms with E-state index in [2.05, 4.69) is 5.32 Å². The molecule has 0 unspecified atom stereocenters. The second-order valence-electron chi connectivity index (χ2n) is 4.99. The van der Waals surface area contributed by atoms with Crippen molar-refractivity contribution in [1.29, 1.82) is 0 Å². The highest BCUT2D eigenvalue weighted by Gasteiger charge is 2.13. The van der Waals surface area contributed by atoms with Crippen LogP contribution in [0.5, 0.6) is 11.5 Å². The Morgan fingerprint density at radius 3 is 2.54 bits per heavy atom. The third kappa shape index (κ3) is 4.48. The molecule has 128 valence electrons. The molecule has 0 saturated carbocycles. The molecule has 0 aliphatic carbocycles. The maximum Gasteiger partial charge on any atom is 0.345 e. The van der Waals surface area contributed by atoms with Crippen LogP contribution in [0.2, 0.25) is 0 Å². The molecule has 0 bridgehead atoms. The van der Waals surface area contributed by atoms with Gasteiger partial charge in [-0.05, 0) is 36.2 Å². The summed E-state index contributed by atoms with van der Waals surface area (Å²) < 4.78 is 10.9. The molecule has 0 saturated heterocycles. The Morgan fingerprint density at radius 2 is 1.92 bits per heavy atom. The first-order valence-electron chi connectivity index (χ1n) is 7.46. The number of nitrogens with one attached hydrogen (secondary N) is 1. The van der Waals surface area contributed by atoms with Crippen molar-refractivity contribution in [1.82, 2.24) is 5.32 Å². The summed E-state index contributed by atoms with van der Waals surface area (Å²) in [6.45, 7) is 2.94. The molecule has 0 fully saturated rings. The van der Waals surface area contributed by atoms with E-state index in [4.69, 9.17) is 14.6 Å². The Morgan fingerprint density at radius 1 is 1.17 bits per heavy atom. The summed E-state index contributed by atoms with van der Waals surface area (Å²) in [5, 5.41) is 11.6. The maximum atomic E-state index is 12.1. The van der Waals surface area contributed by atoms with Gasteiger partial charge in [-0.1, -0.05) is 13.0 Å². The Hall–Kier alpha value is -2.54. The molecule has 2 rings (SSSR count). The highest BCUT2D eigenvalue weighted by Crippen LogP contribution is 2.28. The number of rotatable bonds is 8. The Bertz CT molecular complexity index is 726. The number of methoxy groups -OCH3 is 1. The molecule has 2 N–H and O–H groups in total. The van der Waals surface area contributed by atoms with E-state index < -0.39 is 5.97 Å². The third-order valence-electron chi connectivity index (χ3n) is 3.18. The monoisotopic (exact) mass is 349 g/mol. The minimum absolute atomic E-state index is 0.138. The first-order valence-corrected chi connectivity index (χ1v) is 8.27. The number of ether oxygens (including phenoxy) is 2. The average Bonchev–Trinajstić information content (AvgIpc) is 3.08. The lowest BCUT2D eigenvalue weighted by molar-refractivity contribution is 0.0702. The predicted molar refractivity (Wildman–Crippen MR) is 91.2 cm³/mol. The zero-order valence-electron chi connectivity index (χ0n) is 13.5. The molecule has 0 radical (unpaired) electrons. The first kappa shape index (κ1) is 17.8. The van der Waals surface area contributed by atoms with Gasteiger partial charge in [-0.2, -0.15) is 0 Å². The number of hydrogen-bond donors (Lipinski definition) is 2. The van der Waals surface area contributed by atoms with Gasteiger partial charge >= 0.3 is 5.97 Å². The highest BCUT2D eigenvalue weighted by molar-refractivity contribution is 7.15. The standard InChI is InChI=1S/C17H19NO5S/c1-3-8-23-12-5-4-11(9-13(12)22-2)10-18-16(19)14-6-7-15(24-14)17(20)21/h4-7,9H,3,8,10H2,1-2H3,(H,18,19)(H,20,21). The van der Waals surface area contributed by atoms with Gasteiger partial charge < -0.3 is 19.9 Å². The fourth-order valence-electron chi connectivity index (χ4n) is 2.00. The van der Waals surface area contributed by atoms with Crippen molar-refractivity contribution in [3.8, 4) is 11.5 Å². The summed E-state index contributed by atoms with van der Waals surface area (Å²) in [6.07, 6.45) is 0.903. The Labute approximate surface area is 144 Å². The van der Waals surface area contributed by atoms with Crippen LogP contribution in [0, 0.1) is 0 Å². The number of carboxylic acid groups (broad SMARTS) is 1. The lowest BCUT2D eigenvalue weighted by atomic mass is 10.2. The van der Waals surface area contributed by atoms with Crippen molar-refractivity contribution in [2.24, 2.45) is 0 Å². The van der Waals surface area contributed by atoms with E-state index in [0.29, 0.717) is 29.5 Å². The number of aromatic carboxylic acids is 1. The molecule has 2 aromatic rings. The molecule has 0 aliphatic heterocycles. The zero-order valence-corrected chi connectivity index (χ0v) is 14.3. The predicted octanol–water partition coefficient (Wildman–Crippen LogP) is 3.17. The van der Waals surface area contributed by atoms with Crippen molar-refractivity contribution >= 4 is 23.2 Å². The lowest BCUT2D eigenvalue weighted by Crippen LogP contribution is -2.21. The smallest absolute Gasteiger partial charge is 0.345 e. The molecule has 24 heavy (non-hydrogen) atoms. The number of thiophene rings is 1. The Kier molecular flexibility index (Phi) is 6.20. The van der Waals surface area contributed by atoms with Crippen LogP contribution in [0.1, 0.15) is 38.3 Å².